The van der Waals surface area contributed by atoms with Gasteiger partial charge in [-0.05, 0) is 22.3 Å². The van der Waals surface area contributed by atoms with Gasteiger partial charge in [0.05, 0.1) is 17.5 Å². The van der Waals surface area contributed by atoms with Crippen LogP contribution in [0.2, 0.25) is 0 Å². The van der Waals surface area contributed by atoms with E-state index >= 15 is 0 Å². The van der Waals surface area contributed by atoms with Gasteiger partial charge in [-0.2, -0.15) is 0 Å². The van der Waals surface area contributed by atoms with Crippen LogP contribution >= 0.6 is 0 Å². The van der Waals surface area contributed by atoms with E-state index in [1.807, 2.05) is 72.8 Å². The number of rotatable bonds is 6. The molecule has 0 spiro atoms. The first-order chi connectivity index (χ1) is 14.4. The monoisotopic (exact) mass is 377 g/mol. The first-order valence-corrected chi connectivity index (χ1v) is 9.80. The molecular formula is C27H23NO. The van der Waals surface area contributed by atoms with Crippen molar-refractivity contribution < 1.29 is 5.21 Å². The van der Waals surface area contributed by atoms with Crippen molar-refractivity contribution in [2.45, 2.75) is 11.8 Å². The highest BCUT2D eigenvalue weighted by molar-refractivity contribution is 6.00. The van der Waals surface area contributed by atoms with Crippen molar-refractivity contribution in [3.8, 4) is 0 Å². The second-order valence-corrected chi connectivity index (χ2v) is 7.03. The summed E-state index contributed by atoms with van der Waals surface area (Å²) in [5, 5.41) is 14.2. The molecule has 0 radical (unpaired) electrons. The number of benzene rings is 4. The molecule has 0 saturated heterocycles. The molecule has 0 aromatic heterocycles. The SMILES string of the molecule is ON=C(C(c1ccccc1)c1ccccc1)C(c1ccccc1)c1ccccc1. The van der Waals surface area contributed by atoms with Gasteiger partial charge in [-0.25, -0.2) is 0 Å². The van der Waals surface area contributed by atoms with E-state index in [0.29, 0.717) is 5.71 Å². The zero-order valence-electron chi connectivity index (χ0n) is 16.1. The Morgan fingerprint density at radius 2 is 0.690 bits per heavy atom. The van der Waals surface area contributed by atoms with E-state index in [1.54, 1.807) is 0 Å². The highest BCUT2D eigenvalue weighted by atomic mass is 16.4. The summed E-state index contributed by atoms with van der Waals surface area (Å²) >= 11 is 0. The minimum Gasteiger partial charge on any atom is -0.411 e. The number of hydrogen-bond donors (Lipinski definition) is 1. The molecule has 0 atom stereocenters. The molecule has 0 saturated carbocycles. The Labute approximate surface area is 171 Å². The predicted octanol–water partition coefficient (Wildman–Crippen LogP) is 6.48. The summed E-state index contributed by atoms with van der Waals surface area (Å²) in [6.45, 7) is 0. The standard InChI is InChI=1S/C27H23NO/c29-28-27(25(21-13-5-1-6-14-21)22-15-7-2-8-16-22)26(23-17-9-3-10-18-23)24-19-11-4-12-20-24/h1-20,25-26,29H. The third kappa shape index (κ3) is 4.12. The summed E-state index contributed by atoms with van der Waals surface area (Å²) < 4.78 is 0. The minimum atomic E-state index is -0.159. The number of hydrogen-bond acceptors (Lipinski definition) is 2. The van der Waals surface area contributed by atoms with Crippen molar-refractivity contribution in [1.82, 2.24) is 0 Å². The van der Waals surface area contributed by atoms with Gasteiger partial charge in [0.2, 0.25) is 0 Å². The summed E-state index contributed by atoms with van der Waals surface area (Å²) in [6, 6.07) is 41.0. The van der Waals surface area contributed by atoms with E-state index < -0.39 is 0 Å². The molecule has 0 bridgehead atoms. The summed E-state index contributed by atoms with van der Waals surface area (Å²) in [5.41, 5.74) is 5.11. The molecule has 0 fully saturated rings. The third-order valence-corrected chi connectivity index (χ3v) is 5.24. The van der Waals surface area contributed by atoms with Crippen LogP contribution in [0, 0.1) is 0 Å². The first-order valence-electron chi connectivity index (χ1n) is 9.80. The highest BCUT2D eigenvalue weighted by Gasteiger charge is 2.30. The molecule has 1 N–H and O–H groups in total. The van der Waals surface area contributed by atoms with Crippen molar-refractivity contribution in [2.75, 3.05) is 0 Å². The van der Waals surface area contributed by atoms with E-state index in [-0.39, 0.29) is 11.8 Å². The topological polar surface area (TPSA) is 32.6 Å². The Morgan fingerprint density at radius 3 is 0.897 bits per heavy atom. The molecule has 2 heteroatoms. The Kier molecular flexibility index (Phi) is 5.82. The van der Waals surface area contributed by atoms with Gasteiger partial charge in [-0.3, -0.25) is 0 Å². The maximum absolute atomic E-state index is 10.3. The number of nitrogens with zero attached hydrogens (tertiary/aromatic N) is 1. The molecule has 142 valence electrons. The zero-order chi connectivity index (χ0) is 19.9. The fraction of sp³-hybridized carbons (Fsp3) is 0.0741. The van der Waals surface area contributed by atoms with Gasteiger partial charge in [-0.15, -0.1) is 0 Å². The lowest BCUT2D eigenvalue weighted by atomic mass is 9.76. The van der Waals surface area contributed by atoms with Gasteiger partial charge in [-0.1, -0.05) is 126 Å². The van der Waals surface area contributed by atoms with Crippen LogP contribution in [0.3, 0.4) is 0 Å². The average molecular weight is 377 g/mol. The van der Waals surface area contributed by atoms with Gasteiger partial charge in [0.25, 0.3) is 0 Å². The first kappa shape index (κ1) is 18.7. The maximum atomic E-state index is 10.3. The van der Waals surface area contributed by atoms with Crippen LogP contribution in [0.4, 0.5) is 0 Å². The van der Waals surface area contributed by atoms with Crippen molar-refractivity contribution in [3.05, 3.63) is 144 Å². The third-order valence-electron chi connectivity index (χ3n) is 5.24. The predicted molar refractivity (Wildman–Crippen MR) is 119 cm³/mol. The molecular weight excluding hydrogens is 354 g/mol. The fourth-order valence-corrected chi connectivity index (χ4v) is 3.93. The van der Waals surface area contributed by atoms with Gasteiger partial charge in [0, 0.05) is 0 Å². The van der Waals surface area contributed by atoms with Crippen LogP contribution < -0.4 is 0 Å². The van der Waals surface area contributed by atoms with Crippen LogP contribution in [-0.2, 0) is 0 Å². The second-order valence-electron chi connectivity index (χ2n) is 7.03. The van der Waals surface area contributed by atoms with Crippen LogP contribution in [-0.4, -0.2) is 10.9 Å². The lowest BCUT2D eigenvalue weighted by Gasteiger charge is -2.27. The molecule has 2 nitrogen and oxygen atoms in total. The van der Waals surface area contributed by atoms with E-state index in [2.05, 4.69) is 53.7 Å². The summed E-state index contributed by atoms with van der Waals surface area (Å²) in [7, 11) is 0. The van der Waals surface area contributed by atoms with Gasteiger partial charge >= 0.3 is 0 Å². The smallest absolute Gasteiger partial charge is 0.0807 e. The average Bonchev–Trinajstić information content (AvgIpc) is 2.81. The Bertz CT molecular complexity index is 881. The molecule has 4 rings (SSSR count). The van der Waals surface area contributed by atoms with Crippen molar-refractivity contribution in [3.63, 3.8) is 0 Å². The Hall–Kier alpha value is -3.65. The maximum Gasteiger partial charge on any atom is 0.0807 e. The summed E-state index contributed by atoms with van der Waals surface area (Å²) in [4.78, 5) is 0. The Balaban J connectivity index is 1.91. The van der Waals surface area contributed by atoms with Gasteiger partial charge in [0.1, 0.15) is 0 Å². The summed E-state index contributed by atoms with van der Waals surface area (Å²) in [5.74, 6) is -0.319. The molecule has 0 unspecified atom stereocenters. The molecule has 0 amide bonds. The normalized spacial score (nSPS) is 10.8. The highest BCUT2D eigenvalue weighted by Crippen LogP contribution is 2.36. The van der Waals surface area contributed by atoms with Crippen molar-refractivity contribution >= 4 is 5.71 Å². The van der Waals surface area contributed by atoms with E-state index in [1.165, 1.54) is 0 Å². The number of oxime groups is 1. The summed E-state index contributed by atoms with van der Waals surface area (Å²) in [6.07, 6.45) is 0. The van der Waals surface area contributed by atoms with Crippen LogP contribution in [0.15, 0.2) is 126 Å². The minimum absolute atomic E-state index is 0.159. The largest absolute Gasteiger partial charge is 0.411 e. The molecule has 29 heavy (non-hydrogen) atoms. The molecule has 0 aliphatic carbocycles. The molecule has 0 aliphatic heterocycles. The fourth-order valence-electron chi connectivity index (χ4n) is 3.93. The molecule has 4 aromatic rings. The van der Waals surface area contributed by atoms with E-state index in [9.17, 15) is 5.21 Å². The molecule has 0 heterocycles. The zero-order valence-corrected chi connectivity index (χ0v) is 16.1. The quantitative estimate of drug-likeness (QED) is 0.233. The van der Waals surface area contributed by atoms with Crippen LogP contribution in [0.5, 0.6) is 0 Å². The van der Waals surface area contributed by atoms with Crippen LogP contribution in [0.25, 0.3) is 0 Å². The Morgan fingerprint density at radius 1 is 0.448 bits per heavy atom. The lowest BCUT2D eigenvalue weighted by molar-refractivity contribution is 0.315. The van der Waals surface area contributed by atoms with E-state index in [4.69, 9.17) is 0 Å². The van der Waals surface area contributed by atoms with E-state index in [0.717, 1.165) is 22.3 Å². The lowest BCUT2D eigenvalue weighted by Crippen LogP contribution is -2.23. The van der Waals surface area contributed by atoms with Gasteiger partial charge < -0.3 is 5.21 Å². The molecule has 0 aliphatic rings. The van der Waals surface area contributed by atoms with Crippen molar-refractivity contribution in [1.29, 1.82) is 0 Å². The van der Waals surface area contributed by atoms with Crippen molar-refractivity contribution in [2.24, 2.45) is 5.16 Å². The van der Waals surface area contributed by atoms with Crippen LogP contribution in [0.1, 0.15) is 34.1 Å². The van der Waals surface area contributed by atoms with Gasteiger partial charge in [0.15, 0.2) is 0 Å². The molecule has 4 aromatic carbocycles. The second kappa shape index (κ2) is 9.03.